The van der Waals surface area contributed by atoms with Crippen LogP contribution in [0.2, 0.25) is 20.1 Å². The minimum atomic E-state index is -1.02. The van der Waals surface area contributed by atoms with Crippen molar-refractivity contribution >= 4 is 80.6 Å². The molecule has 64 heavy (non-hydrogen) atoms. The van der Waals surface area contributed by atoms with Crippen molar-refractivity contribution in [1.82, 2.24) is 9.97 Å². The van der Waals surface area contributed by atoms with Crippen LogP contribution in [-0.4, -0.2) is 33.6 Å². The Labute approximate surface area is 389 Å². The van der Waals surface area contributed by atoms with Gasteiger partial charge in [-0.05, 0) is 152 Å². The number of allylic oxidation sites excluding steroid dienone is 4. The zero-order chi connectivity index (χ0) is 45.3. The van der Waals surface area contributed by atoms with Gasteiger partial charge in [-0.25, -0.2) is 18.4 Å². The van der Waals surface area contributed by atoms with Crippen molar-refractivity contribution in [3.05, 3.63) is 186 Å². The van der Waals surface area contributed by atoms with E-state index < -0.39 is 23.6 Å². The van der Waals surface area contributed by atoms with Crippen molar-refractivity contribution in [2.45, 2.75) is 58.7 Å². The van der Waals surface area contributed by atoms with Crippen LogP contribution in [0.1, 0.15) is 99.5 Å². The molecule has 2 heterocycles. The van der Waals surface area contributed by atoms with Crippen LogP contribution in [0, 0.1) is 11.6 Å². The predicted octanol–water partition coefficient (Wildman–Crippen LogP) is 14.3. The Morgan fingerprint density at radius 2 is 1.00 bits per heavy atom. The Morgan fingerprint density at radius 3 is 1.45 bits per heavy atom. The molecule has 2 aliphatic rings. The van der Waals surface area contributed by atoms with E-state index in [0.717, 1.165) is 83.1 Å². The van der Waals surface area contributed by atoms with E-state index in [-0.39, 0.29) is 18.8 Å². The first kappa shape index (κ1) is 46.2. The average molecular weight is 945 g/mol. The number of esters is 1. The number of hydrogen-bond acceptors (Lipinski definition) is 7. The standard InChI is InChI=1S/C26H22Cl2FNO3.C24H18Cl2FNO3/c1-2-32-26(31)18-10-17(13-30-14-18)21-4-3-5-22(21)23-11-19(27)8-9-25(23)33-15-16-6-7-20(28)12-24(16)29;25-17-6-7-23(31-13-14-4-5-18(26)10-22(14)27)21(9-17)20-3-1-2-19(20)15-8-16(24(29)30)12-28-11-15/h6-14H,2-5,15H2,1H3;4-12H,1-3,13H2,(H,29,30). The van der Waals surface area contributed by atoms with Gasteiger partial charge in [0, 0.05) is 67.1 Å². The largest absolute Gasteiger partial charge is 0.488 e. The summed E-state index contributed by atoms with van der Waals surface area (Å²) in [5.74, 6) is -1.08. The third kappa shape index (κ3) is 11.3. The van der Waals surface area contributed by atoms with Crippen LogP contribution < -0.4 is 9.47 Å². The summed E-state index contributed by atoms with van der Waals surface area (Å²) < 4.78 is 45.5. The molecule has 0 unspecified atom stereocenters. The van der Waals surface area contributed by atoms with E-state index in [1.165, 1.54) is 24.5 Å². The van der Waals surface area contributed by atoms with Gasteiger partial charge in [-0.1, -0.05) is 58.5 Å². The fraction of sp³-hybridized carbons (Fsp3) is 0.200. The maximum absolute atomic E-state index is 14.2. The van der Waals surface area contributed by atoms with Gasteiger partial charge in [0.2, 0.25) is 0 Å². The molecule has 0 aliphatic heterocycles. The molecular formula is C50H40Cl4F2N2O6. The lowest BCUT2D eigenvalue weighted by atomic mass is 9.96. The molecule has 2 aliphatic carbocycles. The lowest BCUT2D eigenvalue weighted by Crippen LogP contribution is -2.05. The highest BCUT2D eigenvalue weighted by molar-refractivity contribution is 6.31. The molecule has 0 saturated carbocycles. The fourth-order valence-corrected chi connectivity index (χ4v) is 8.35. The number of carboxylic acids is 1. The molecule has 0 atom stereocenters. The van der Waals surface area contributed by atoms with Gasteiger partial charge in [0.05, 0.1) is 17.7 Å². The third-order valence-electron chi connectivity index (χ3n) is 10.7. The summed E-state index contributed by atoms with van der Waals surface area (Å²) in [5.41, 5.74) is 8.84. The number of ether oxygens (including phenoxy) is 3. The van der Waals surface area contributed by atoms with Crippen molar-refractivity contribution in [3.63, 3.8) is 0 Å². The van der Waals surface area contributed by atoms with Crippen molar-refractivity contribution in [2.24, 2.45) is 0 Å². The van der Waals surface area contributed by atoms with Crippen molar-refractivity contribution in [1.29, 1.82) is 0 Å². The van der Waals surface area contributed by atoms with E-state index in [0.29, 0.717) is 54.9 Å². The second-order valence-corrected chi connectivity index (χ2v) is 16.6. The highest BCUT2D eigenvalue weighted by Crippen LogP contribution is 2.45. The summed E-state index contributed by atoms with van der Waals surface area (Å²) in [6, 6.07) is 23.1. The van der Waals surface area contributed by atoms with E-state index >= 15 is 0 Å². The monoisotopic (exact) mass is 942 g/mol. The van der Waals surface area contributed by atoms with Gasteiger partial charge in [-0.3, -0.25) is 9.97 Å². The number of aromatic nitrogens is 2. The van der Waals surface area contributed by atoms with Crippen LogP contribution in [0.4, 0.5) is 8.78 Å². The highest BCUT2D eigenvalue weighted by Gasteiger charge is 2.24. The highest BCUT2D eigenvalue weighted by atomic mass is 35.5. The number of carboxylic acid groups (broad SMARTS) is 1. The van der Waals surface area contributed by atoms with Crippen LogP contribution in [0.5, 0.6) is 11.5 Å². The maximum atomic E-state index is 14.2. The van der Waals surface area contributed by atoms with E-state index in [1.807, 2.05) is 12.1 Å². The summed E-state index contributed by atoms with van der Waals surface area (Å²) >= 11 is 24.3. The second kappa shape index (κ2) is 21.3. The number of pyridine rings is 2. The van der Waals surface area contributed by atoms with Crippen LogP contribution in [0.15, 0.2) is 110 Å². The molecule has 1 N–H and O–H groups in total. The summed E-state index contributed by atoms with van der Waals surface area (Å²) in [6.45, 7) is 2.16. The summed E-state index contributed by atoms with van der Waals surface area (Å²) in [4.78, 5) is 31.9. The molecular weight excluding hydrogens is 904 g/mol. The predicted molar refractivity (Wildman–Crippen MR) is 247 cm³/mol. The molecule has 328 valence electrons. The molecule has 0 fully saturated rings. The molecule has 4 aromatic carbocycles. The minimum absolute atomic E-state index is 0.0380. The molecule has 2 aromatic heterocycles. The number of carbonyl (C=O) groups excluding carboxylic acids is 1. The third-order valence-corrected chi connectivity index (χ3v) is 11.6. The quantitative estimate of drug-likeness (QED) is 0.114. The Hall–Kier alpha value is -5.78. The first-order valence-corrected chi connectivity index (χ1v) is 21.9. The summed E-state index contributed by atoms with van der Waals surface area (Å²) in [6.07, 6.45) is 11.4. The molecule has 14 heteroatoms. The average Bonchev–Trinajstić information content (AvgIpc) is 3.98. The normalized spacial score (nSPS) is 13.4. The van der Waals surface area contributed by atoms with Gasteiger partial charge in [0.25, 0.3) is 0 Å². The van der Waals surface area contributed by atoms with Crippen LogP contribution in [0.3, 0.4) is 0 Å². The molecule has 0 radical (unpaired) electrons. The number of carbonyl (C=O) groups is 2. The first-order chi connectivity index (χ1) is 30.9. The number of halogens is 6. The van der Waals surface area contributed by atoms with Crippen LogP contribution >= 0.6 is 46.4 Å². The fourth-order valence-electron chi connectivity index (χ4n) is 7.69. The van der Waals surface area contributed by atoms with Crippen molar-refractivity contribution in [3.8, 4) is 11.5 Å². The topological polar surface area (TPSA) is 108 Å². The number of hydrogen-bond donors (Lipinski definition) is 1. The van der Waals surface area contributed by atoms with Gasteiger partial charge in [-0.2, -0.15) is 0 Å². The number of nitrogens with zero attached hydrogens (tertiary/aromatic N) is 2. The van der Waals surface area contributed by atoms with Gasteiger partial charge in [0.1, 0.15) is 36.3 Å². The van der Waals surface area contributed by atoms with Crippen molar-refractivity contribution in [2.75, 3.05) is 6.61 Å². The van der Waals surface area contributed by atoms with E-state index in [9.17, 15) is 23.5 Å². The van der Waals surface area contributed by atoms with E-state index in [1.54, 1.807) is 80.0 Å². The zero-order valence-electron chi connectivity index (χ0n) is 34.4. The first-order valence-electron chi connectivity index (χ1n) is 20.4. The smallest absolute Gasteiger partial charge is 0.339 e. The number of aromatic carboxylic acids is 1. The van der Waals surface area contributed by atoms with E-state index in [2.05, 4.69) is 9.97 Å². The Balaban J connectivity index is 0.000000192. The van der Waals surface area contributed by atoms with Crippen molar-refractivity contribution < 1.29 is 37.7 Å². The molecule has 6 aromatic rings. The van der Waals surface area contributed by atoms with Crippen LogP contribution in [0.25, 0.3) is 22.3 Å². The molecule has 0 amide bonds. The SMILES string of the molecule is CCOC(=O)c1cncc(C2=C(c3cc(Cl)ccc3OCc3ccc(Cl)cc3F)CCC2)c1.O=C(O)c1cncc(C2=C(c3cc(Cl)ccc3OCc3ccc(Cl)cc3F)CCC2)c1. The molecule has 0 spiro atoms. The van der Waals surface area contributed by atoms with Crippen LogP contribution in [-0.2, 0) is 18.0 Å². The van der Waals surface area contributed by atoms with Gasteiger partial charge >= 0.3 is 11.9 Å². The van der Waals surface area contributed by atoms with Gasteiger partial charge < -0.3 is 19.3 Å². The van der Waals surface area contributed by atoms with E-state index in [4.69, 9.17) is 60.6 Å². The molecule has 8 nitrogen and oxygen atoms in total. The van der Waals surface area contributed by atoms with Gasteiger partial charge in [0.15, 0.2) is 0 Å². The molecule has 8 rings (SSSR count). The molecule has 0 bridgehead atoms. The Morgan fingerprint density at radius 1 is 0.578 bits per heavy atom. The number of rotatable bonds is 13. The zero-order valence-corrected chi connectivity index (χ0v) is 37.4. The summed E-state index contributed by atoms with van der Waals surface area (Å²) in [5, 5.41) is 11.1. The lowest BCUT2D eigenvalue weighted by molar-refractivity contribution is 0.0525. The lowest BCUT2D eigenvalue weighted by Gasteiger charge is -2.15. The Bertz CT molecular complexity index is 2800. The Kier molecular flexibility index (Phi) is 15.4. The molecule has 0 saturated heterocycles. The minimum Gasteiger partial charge on any atom is -0.488 e. The van der Waals surface area contributed by atoms with Gasteiger partial charge in [-0.15, -0.1) is 0 Å². The second-order valence-electron chi connectivity index (χ2n) is 14.9. The maximum Gasteiger partial charge on any atom is 0.339 e. The number of benzene rings is 4. The summed E-state index contributed by atoms with van der Waals surface area (Å²) in [7, 11) is 0.